The Bertz CT molecular complexity index is 471. The maximum Gasteiger partial charge on any atom is 0.241 e. The molecule has 0 radical (unpaired) electrons. The number of hydrogen-bond acceptors (Lipinski definition) is 3. The van der Waals surface area contributed by atoms with Crippen molar-refractivity contribution in [3.63, 3.8) is 0 Å². The van der Waals surface area contributed by atoms with E-state index in [0.717, 1.165) is 6.42 Å². The van der Waals surface area contributed by atoms with Gasteiger partial charge in [0, 0.05) is 10.9 Å². The highest BCUT2D eigenvalue weighted by Gasteiger charge is 2.46. The zero-order valence-corrected chi connectivity index (χ0v) is 13.3. The summed E-state index contributed by atoms with van der Waals surface area (Å²) in [6.45, 7) is 6.55. The van der Waals surface area contributed by atoms with Crippen LogP contribution in [0, 0.1) is 11.8 Å². The number of hydrogen-bond donors (Lipinski definition) is 1. The Hall–Kier alpha value is -0.870. The van der Waals surface area contributed by atoms with Crippen molar-refractivity contribution in [2.24, 2.45) is 11.8 Å². The second kappa shape index (κ2) is 5.49. The van der Waals surface area contributed by atoms with Gasteiger partial charge in [-0.2, -0.15) is 0 Å². The molecule has 2 aliphatic rings. The molecule has 1 aromatic rings. The van der Waals surface area contributed by atoms with E-state index in [2.05, 4.69) is 48.5 Å². The van der Waals surface area contributed by atoms with Crippen molar-refractivity contribution in [1.29, 1.82) is 0 Å². The third-order valence-electron chi connectivity index (χ3n) is 4.79. The summed E-state index contributed by atoms with van der Waals surface area (Å²) in [5.41, 5.74) is 0. The molecule has 0 bridgehead atoms. The number of nitrogens with one attached hydrogen (secondary N) is 1. The normalized spacial score (nSPS) is 34.4. The fraction of sp³-hybridized carbons (Fsp3) is 0.688. The van der Waals surface area contributed by atoms with Crippen molar-refractivity contribution in [2.45, 2.75) is 58.3 Å². The van der Waals surface area contributed by atoms with Gasteiger partial charge in [-0.15, -0.1) is 11.3 Å². The Morgan fingerprint density at radius 1 is 1.40 bits per heavy atom. The molecule has 0 spiro atoms. The molecular formula is C16H24N2OS. The summed E-state index contributed by atoms with van der Waals surface area (Å²) >= 11 is 1.74. The first kappa shape index (κ1) is 14.1. The van der Waals surface area contributed by atoms with Crippen LogP contribution in [0.1, 0.15) is 51.1 Å². The predicted octanol–water partition coefficient (Wildman–Crippen LogP) is 3.39. The molecule has 1 saturated carbocycles. The largest absolute Gasteiger partial charge is 0.317 e. The van der Waals surface area contributed by atoms with Crippen LogP contribution in [-0.4, -0.2) is 22.9 Å². The van der Waals surface area contributed by atoms with E-state index in [9.17, 15) is 4.79 Å². The van der Waals surface area contributed by atoms with Crippen LogP contribution in [-0.2, 0) is 4.79 Å². The molecule has 0 aromatic carbocycles. The highest BCUT2D eigenvalue weighted by atomic mass is 32.1. The van der Waals surface area contributed by atoms with Crippen molar-refractivity contribution in [2.75, 3.05) is 0 Å². The SMILES string of the molecule is CC(C)C1NC(c2cccs2)N(C2CCCC2C)C1=O. The molecule has 4 heteroatoms. The van der Waals surface area contributed by atoms with Gasteiger partial charge in [-0.05, 0) is 36.1 Å². The van der Waals surface area contributed by atoms with Gasteiger partial charge in [0.1, 0.15) is 6.17 Å². The van der Waals surface area contributed by atoms with Crippen LogP contribution >= 0.6 is 11.3 Å². The highest BCUT2D eigenvalue weighted by molar-refractivity contribution is 7.10. The maximum atomic E-state index is 12.9. The first-order chi connectivity index (χ1) is 9.59. The minimum atomic E-state index is -0.0325. The quantitative estimate of drug-likeness (QED) is 0.926. The van der Waals surface area contributed by atoms with E-state index in [1.165, 1.54) is 17.7 Å². The van der Waals surface area contributed by atoms with Gasteiger partial charge >= 0.3 is 0 Å². The highest BCUT2D eigenvalue weighted by Crippen LogP contribution is 2.39. The summed E-state index contributed by atoms with van der Waals surface area (Å²) in [5, 5.41) is 5.67. The number of nitrogens with zero attached hydrogens (tertiary/aromatic N) is 1. The first-order valence-electron chi connectivity index (χ1n) is 7.71. The molecule has 2 heterocycles. The molecule has 110 valence electrons. The molecule has 2 fully saturated rings. The molecule has 1 N–H and O–H groups in total. The Labute approximate surface area is 125 Å². The van der Waals surface area contributed by atoms with Gasteiger partial charge in [0.05, 0.1) is 6.04 Å². The summed E-state index contributed by atoms with van der Waals surface area (Å²) in [7, 11) is 0. The third-order valence-corrected chi connectivity index (χ3v) is 5.71. The van der Waals surface area contributed by atoms with Gasteiger partial charge in [0.2, 0.25) is 5.91 Å². The lowest BCUT2D eigenvalue weighted by atomic mass is 10.0. The molecule has 1 amide bonds. The molecule has 3 nitrogen and oxygen atoms in total. The van der Waals surface area contributed by atoms with Crippen molar-refractivity contribution < 1.29 is 4.79 Å². The van der Waals surface area contributed by atoms with E-state index in [1.807, 2.05) is 0 Å². The van der Waals surface area contributed by atoms with Gasteiger partial charge in [0.15, 0.2) is 0 Å². The van der Waals surface area contributed by atoms with Crippen LogP contribution in [0.3, 0.4) is 0 Å². The van der Waals surface area contributed by atoms with E-state index < -0.39 is 0 Å². The van der Waals surface area contributed by atoms with E-state index in [1.54, 1.807) is 11.3 Å². The van der Waals surface area contributed by atoms with E-state index in [4.69, 9.17) is 0 Å². The van der Waals surface area contributed by atoms with Crippen molar-refractivity contribution in [3.8, 4) is 0 Å². The molecule has 3 rings (SSSR count). The van der Waals surface area contributed by atoms with Crippen LogP contribution in [0.15, 0.2) is 17.5 Å². The number of carbonyl (C=O) groups excluding carboxylic acids is 1. The zero-order chi connectivity index (χ0) is 14.3. The first-order valence-corrected chi connectivity index (χ1v) is 8.59. The topological polar surface area (TPSA) is 32.3 Å². The number of carbonyl (C=O) groups is 1. The maximum absolute atomic E-state index is 12.9. The minimum Gasteiger partial charge on any atom is -0.317 e. The summed E-state index contributed by atoms with van der Waals surface area (Å²) in [4.78, 5) is 16.3. The van der Waals surface area contributed by atoms with Crippen molar-refractivity contribution in [1.82, 2.24) is 10.2 Å². The minimum absolute atomic E-state index is 0.0325. The molecule has 1 aromatic heterocycles. The van der Waals surface area contributed by atoms with Crippen LogP contribution in [0.5, 0.6) is 0 Å². The van der Waals surface area contributed by atoms with E-state index >= 15 is 0 Å². The standard InChI is InChI=1S/C16H24N2OS/c1-10(2)14-16(19)18(12-7-4-6-11(12)3)15(17-14)13-8-5-9-20-13/h5,8-12,14-15,17H,4,6-7H2,1-3H3. The van der Waals surface area contributed by atoms with Crippen LogP contribution < -0.4 is 5.32 Å². The second-order valence-corrected chi connectivity index (χ2v) is 7.51. The lowest BCUT2D eigenvalue weighted by Gasteiger charge is -2.32. The van der Waals surface area contributed by atoms with E-state index in [0.29, 0.717) is 23.8 Å². The summed E-state index contributed by atoms with van der Waals surface area (Å²) in [5.74, 6) is 1.26. The molecule has 20 heavy (non-hydrogen) atoms. The predicted molar refractivity (Wildman–Crippen MR) is 82.5 cm³/mol. The number of rotatable bonds is 3. The smallest absolute Gasteiger partial charge is 0.241 e. The number of amides is 1. The van der Waals surface area contributed by atoms with E-state index in [-0.39, 0.29) is 12.2 Å². The molecule has 1 saturated heterocycles. The molecule has 1 aliphatic heterocycles. The van der Waals surface area contributed by atoms with Crippen molar-refractivity contribution >= 4 is 17.2 Å². The summed E-state index contributed by atoms with van der Waals surface area (Å²) < 4.78 is 0. The Morgan fingerprint density at radius 2 is 2.20 bits per heavy atom. The summed E-state index contributed by atoms with van der Waals surface area (Å²) in [6.07, 6.45) is 3.73. The molecule has 4 atom stereocenters. The third kappa shape index (κ3) is 2.29. The molecule has 1 aliphatic carbocycles. The van der Waals surface area contributed by atoms with Gasteiger partial charge in [-0.25, -0.2) is 0 Å². The Kier molecular flexibility index (Phi) is 3.87. The zero-order valence-electron chi connectivity index (χ0n) is 12.5. The van der Waals surface area contributed by atoms with Crippen LogP contribution in [0.4, 0.5) is 0 Å². The monoisotopic (exact) mass is 292 g/mol. The Balaban J connectivity index is 1.92. The van der Waals surface area contributed by atoms with Gasteiger partial charge in [0.25, 0.3) is 0 Å². The molecule has 4 unspecified atom stereocenters. The Morgan fingerprint density at radius 3 is 2.75 bits per heavy atom. The average Bonchev–Trinajstić information content (AvgIpc) is 3.08. The van der Waals surface area contributed by atoms with Crippen molar-refractivity contribution in [3.05, 3.63) is 22.4 Å². The summed E-state index contributed by atoms with van der Waals surface area (Å²) in [6, 6.07) is 4.59. The lowest BCUT2D eigenvalue weighted by Crippen LogP contribution is -2.42. The van der Waals surface area contributed by atoms with Crippen LogP contribution in [0.25, 0.3) is 0 Å². The van der Waals surface area contributed by atoms with Gasteiger partial charge in [-0.3, -0.25) is 10.1 Å². The van der Waals surface area contributed by atoms with Gasteiger partial charge < -0.3 is 4.90 Å². The average molecular weight is 292 g/mol. The fourth-order valence-electron chi connectivity index (χ4n) is 3.65. The number of thiophene rings is 1. The molecular weight excluding hydrogens is 268 g/mol. The second-order valence-electron chi connectivity index (χ2n) is 6.53. The lowest BCUT2D eigenvalue weighted by molar-refractivity contribution is -0.133. The van der Waals surface area contributed by atoms with Gasteiger partial charge in [-0.1, -0.05) is 33.3 Å². The fourth-order valence-corrected chi connectivity index (χ4v) is 4.43. The van der Waals surface area contributed by atoms with Crippen LogP contribution in [0.2, 0.25) is 0 Å².